The SMILES string of the molecule is CCn1ccc(-c2cc(-c3cnn(C)c3)cc([C@@H](C)NC(=O)c3cc(-c4ccncc4)ccc3C)c2)n1. The molecule has 3 heterocycles. The first-order chi connectivity index (χ1) is 17.9. The zero-order valence-electron chi connectivity index (χ0n) is 21.5. The summed E-state index contributed by atoms with van der Waals surface area (Å²) < 4.78 is 3.70. The van der Waals surface area contributed by atoms with Gasteiger partial charge in [0.1, 0.15) is 0 Å². The van der Waals surface area contributed by atoms with Gasteiger partial charge in [-0.2, -0.15) is 10.2 Å². The summed E-state index contributed by atoms with van der Waals surface area (Å²) in [6.07, 6.45) is 9.34. The summed E-state index contributed by atoms with van der Waals surface area (Å²) in [4.78, 5) is 17.5. The highest BCUT2D eigenvalue weighted by molar-refractivity contribution is 5.97. The Morgan fingerprint density at radius 1 is 0.946 bits per heavy atom. The van der Waals surface area contributed by atoms with Crippen LogP contribution in [0.3, 0.4) is 0 Å². The number of benzene rings is 2. The Balaban J connectivity index is 1.47. The highest BCUT2D eigenvalue weighted by Gasteiger charge is 2.17. The van der Waals surface area contributed by atoms with Gasteiger partial charge in [-0.05, 0) is 91.1 Å². The molecule has 5 aromatic rings. The van der Waals surface area contributed by atoms with E-state index in [-0.39, 0.29) is 11.9 Å². The minimum absolute atomic E-state index is 0.107. The summed E-state index contributed by atoms with van der Waals surface area (Å²) >= 11 is 0. The van der Waals surface area contributed by atoms with E-state index >= 15 is 0 Å². The summed E-state index contributed by atoms with van der Waals surface area (Å²) in [7, 11) is 1.91. The molecular formula is C30H30N6O. The number of amides is 1. The molecule has 0 aliphatic rings. The Labute approximate surface area is 216 Å². The number of carbonyl (C=O) groups is 1. The second-order valence-corrected chi connectivity index (χ2v) is 9.26. The van der Waals surface area contributed by atoms with Gasteiger partial charge < -0.3 is 5.32 Å². The second kappa shape index (κ2) is 10.2. The number of nitrogens with one attached hydrogen (secondary N) is 1. The Kier molecular flexibility index (Phi) is 6.68. The summed E-state index contributed by atoms with van der Waals surface area (Å²) in [5, 5.41) is 12.3. The van der Waals surface area contributed by atoms with Crippen molar-refractivity contribution in [3.8, 4) is 33.5 Å². The predicted octanol–water partition coefficient (Wildman–Crippen LogP) is 5.83. The average Bonchev–Trinajstić information content (AvgIpc) is 3.58. The highest BCUT2D eigenvalue weighted by atomic mass is 16.1. The lowest BCUT2D eigenvalue weighted by Crippen LogP contribution is -2.27. The fourth-order valence-electron chi connectivity index (χ4n) is 4.43. The minimum Gasteiger partial charge on any atom is -0.346 e. The lowest BCUT2D eigenvalue weighted by atomic mass is 9.96. The smallest absolute Gasteiger partial charge is 0.252 e. The maximum atomic E-state index is 13.4. The van der Waals surface area contributed by atoms with E-state index in [0.717, 1.165) is 51.2 Å². The van der Waals surface area contributed by atoms with Gasteiger partial charge in [0.2, 0.25) is 0 Å². The monoisotopic (exact) mass is 490 g/mol. The fraction of sp³-hybridized carbons (Fsp3) is 0.200. The second-order valence-electron chi connectivity index (χ2n) is 9.26. The largest absolute Gasteiger partial charge is 0.346 e. The molecule has 0 spiro atoms. The zero-order chi connectivity index (χ0) is 25.9. The summed E-state index contributed by atoms with van der Waals surface area (Å²) in [6, 6.07) is 18.0. The molecule has 1 amide bonds. The van der Waals surface area contributed by atoms with E-state index < -0.39 is 0 Å². The molecule has 1 atom stereocenters. The van der Waals surface area contributed by atoms with Gasteiger partial charge in [-0.1, -0.05) is 12.1 Å². The van der Waals surface area contributed by atoms with Crippen molar-refractivity contribution in [1.29, 1.82) is 0 Å². The summed E-state index contributed by atoms with van der Waals surface area (Å²) in [5.74, 6) is -0.107. The number of pyridine rings is 1. The molecule has 186 valence electrons. The highest BCUT2D eigenvalue weighted by Crippen LogP contribution is 2.30. The molecule has 5 rings (SSSR count). The Morgan fingerprint density at radius 2 is 1.73 bits per heavy atom. The van der Waals surface area contributed by atoms with Gasteiger partial charge in [-0.15, -0.1) is 0 Å². The predicted molar refractivity (Wildman–Crippen MR) is 146 cm³/mol. The van der Waals surface area contributed by atoms with Crippen LogP contribution >= 0.6 is 0 Å². The first kappa shape index (κ1) is 24.2. The normalized spacial score (nSPS) is 11.9. The molecule has 0 fully saturated rings. The van der Waals surface area contributed by atoms with Crippen LogP contribution < -0.4 is 5.32 Å². The standard InChI is InChI=1S/C30H30N6O/c1-5-36-13-10-29(34-36)26-15-24(14-25(16-26)27-18-32-35(4)19-27)21(3)33-30(37)28-17-23(7-6-20(28)2)22-8-11-31-12-9-22/h6-19,21H,5H2,1-4H3,(H,33,37)/t21-/m1/s1. The Hall–Kier alpha value is -4.52. The molecule has 7 heteroatoms. The molecule has 7 nitrogen and oxygen atoms in total. The van der Waals surface area contributed by atoms with Crippen LogP contribution in [0, 0.1) is 6.92 Å². The minimum atomic E-state index is -0.222. The van der Waals surface area contributed by atoms with Crippen LogP contribution in [0.4, 0.5) is 0 Å². The van der Waals surface area contributed by atoms with E-state index in [1.165, 1.54) is 0 Å². The molecule has 0 aliphatic carbocycles. The van der Waals surface area contributed by atoms with Gasteiger partial charge in [0, 0.05) is 55.1 Å². The number of nitrogens with zero attached hydrogens (tertiary/aromatic N) is 5. The van der Waals surface area contributed by atoms with Gasteiger partial charge in [-0.25, -0.2) is 0 Å². The maximum Gasteiger partial charge on any atom is 0.252 e. The number of aryl methyl sites for hydroxylation is 3. The van der Waals surface area contributed by atoms with Crippen molar-refractivity contribution in [3.63, 3.8) is 0 Å². The zero-order valence-corrected chi connectivity index (χ0v) is 21.5. The summed E-state index contributed by atoms with van der Waals surface area (Å²) in [6.45, 7) is 6.84. The first-order valence-electron chi connectivity index (χ1n) is 12.4. The van der Waals surface area contributed by atoms with Crippen LogP contribution in [0.15, 0.2) is 85.6 Å². The van der Waals surface area contributed by atoms with Crippen LogP contribution in [-0.4, -0.2) is 30.5 Å². The van der Waals surface area contributed by atoms with Crippen molar-refractivity contribution >= 4 is 5.91 Å². The van der Waals surface area contributed by atoms with Crippen molar-refractivity contribution in [3.05, 3.63) is 102 Å². The molecule has 0 aliphatic heterocycles. The van der Waals surface area contributed by atoms with Crippen molar-refractivity contribution in [2.75, 3.05) is 0 Å². The molecule has 37 heavy (non-hydrogen) atoms. The number of aromatic nitrogens is 5. The molecule has 0 unspecified atom stereocenters. The lowest BCUT2D eigenvalue weighted by Gasteiger charge is -2.18. The summed E-state index contributed by atoms with van der Waals surface area (Å²) in [5.41, 5.74) is 8.54. The van der Waals surface area contributed by atoms with Crippen LogP contribution in [0.1, 0.15) is 41.4 Å². The third-order valence-corrected chi connectivity index (χ3v) is 6.60. The third-order valence-electron chi connectivity index (χ3n) is 6.60. The van der Waals surface area contributed by atoms with Crippen LogP contribution in [0.2, 0.25) is 0 Å². The topological polar surface area (TPSA) is 77.6 Å². The number of carbonyl (C=O) groups excluding carboxylic acids is 1. The number of rotatable bonds is 7. The number of hydrogen-bond donors (Lipinski definition) is 1. The lowest BCUT2D eigenvalue weighted by molar-refractivity contribution is 0.0939. The van der Waals surface area contributed by atoms with Gasteiger partial charge in [-0.3, -0.25) is 19.1 Å². The molecular weight excluding hydrogens is 460 g/mol. The van der Waals surface area contributed by atoms with Gasteiger partial charge in [0.15, 0.2) is 0 Å². The van der Waals surface area contributed by atoms with E-state index in [9.17, 15) is 4.79 Å². The Morgan fingerprint density at radius 3 is 2.43 bits per heavy atom. The number of hydrogen-bond acceptors (Lipinski definition) is 4. The molecule has 3 aromatic heterocycles. The van der Waals surface area contributed by atoms with Crippen molar-refractivity contribution < 1.29 is 4.79 Å². The van der Waals surface area contributed by atoms with Gasteiger partial charge in [0.25, 0.3) is 5.91 Å². The first-order valence-corrected chi connectivity index (χ1v) is 12.4. The van der Waals surface area contributed by atoms with E-state index in [2.05, 4.69) is 40.5 Å². The van der Waals surface area contributed by atoms with E-state index in [0.29, 0.717) is 5.56 Å². The van der Waals surface area contributed by atoms with Crippen molar-refractivity contribution in [2.24, 2.45) is 7.05 Å². The quantitative estimate of drug-likeness (QED) is 0.311. The van der Waals surface area contributed by atoms with E-state index in [4.69, 9.17) is 5.10 Å². The van der Waals surface area contributed by atoms with Crippen LogP contribution in [-0.2, 0) is 13.6 Å². The molecule has 1 N–H and O–H groups in total. The average molecular weight is 491 g/mol. The van der Waals surface area contributed by atoms with E-state index in [1.807, 2.05) is 80.6 Å². The van der Waals surface area contributed by atoms with Crippen molar-refractivity contribution in [2.45, 2.75) is 33.4 Å². The molecule has 0 bridgehead atoms. The van der Waals surface area contributed by atoms with E-state index in [1.54, 1.807) is 17.1 Å². The maximum absolute atomic E-state index is 13.4. The Bertz CT molecular complexity index is 1550. The molecule has 2 aromatic carbocycles. The van der Waals surface area contributed by atoms with Gasteiger partial charge >= 0.3 is 0 Å². The van der Waals surface area contributed by atoms with Gasteiger partial charge in [0.05, 0.1) is 17.9 Å². The third kappa shape index (κ3) is 5.21. The van der Waals surface area contributed by atoms with Crippen LogP contribution in [0.5, 0.6) is 0 Å². The molecule has 0 saturated heterocycles. The molecule has 0 radical (unpaired) electrons. The fourth-order valence-corrected chi connectivity index (χ4v) is 4.43. The molecule has 0 saturated carbocycles. The van der Waals surface area contributed by atoms with Crippen molar-refractivity contribution in [1.82, 2.24) is 29.9 Å². The van der Waals surface area contributed by atoms with Crippen LogP contribution in [0.25, 0.3) is 33.5 Å².